The molecule has 0 amide bonds. The van der Waals surface area contributed by atoms with Gasteiger partial charge in [0.1, 0.15) is 0 Å². The third-order valence-corrected chi connectivity index (χ3v) is 6.27. The number of hydrogen-bond acceptors (Lipinski definition) is 2. The van der Waals surface area contributed by atoms with Gasteiger partial charge in [-0.3, -0.25) is 0 Å². The summed E-state index contributed by atoms with van der Waals surface area (Å²) >= 11 is 0. The van der Waals surface area contributed by atoms with Crippen LogP contribution in [-0.4, -0.2) is 24.8 Å². The third-order valence-electron chi connectivity index (χ3n) is 6.27. The predicted octanol–water partition coefficient (Wildman–Crippen LogP) is 4.14. The highest BCUT2D eigenvalue weighted by Gasteiger charge is 2.53. The van der Waals surface area contributed by atoms with Crippen LogP contribution in [0.2, 0.25) is 0 Å². The summed E-state index contributed by atoms with van der Waals surface area (Å²) in [5.74, 6) is 1.74. The van der Waals surface area contributed by atoms with Crippen LogP contribution in [0, 0.1) is 17.3 Å². The van der Waals surface area contributed by atoms with E-state index in [1.807, 2.05) is 0 Å². The van der Waals surface area contributed by atoms with Gasteiger partial charge in [0.05, 0.1) is 5.60 Å². The van der Waals surface area contributed by atoms with E-state index in [2.05, 4.69) is 26.1 Å². The summed E-state index contributed by atoms with van der Waals surface area (Å²) in [6.45, 7) is 9.26. The van der Waals surface area contributed by atoms with E-state index in [-0.39, 0.29) is 5.60 Å². The Morgan fingerprint density at radius 2 is 1.85 bits per heavy atom. The molecule has 1 spiro atoms. The lowest BCUT2D eigenvalue weighted by Gasteiger charge is -2.46. The van der Waals surface area contributed by atoms with Crippen molar-refractivity contribution in [2.24, 2.45) is 17.3 Å². The fraction of sp³-hybridized carbons (Fsp3) is 1.00. The van der Waals surface area contributed by atoms with Crippen LogP contribution in [0.25, 0.3) is 0 Å². The highest BCUT2D eigenvalue weighted by atomic mass is 16.5. The summed E-state index contributed by atoms with van der Waals surface area (Å²) < 4.78 is 6.29. The Balaban J connectivity index is 1.67. The fourth-order valence-corrected chi connectivity index (χ4v) is 4.91. The van der Waals surface area contributed by atoms with Crippen molar-refractivity contribution in [3.05, 3.63) is 0 Å². The maximum atomic E-state index is 6.29. The van der Waals surface area contributed by atoms with Crippen molar-refractivity contribution in [1.82, 2.24) is 5.32 Å². The van der Waals surface area contributed by atoms with Gasteiger partial charge in [-0.05, 0) is 55.9 Å². The Kier molecular flexibility index (Phi) is 4.16. The van der Waals surface area contributed by atoms with E-state index < -0.39 is 0 Å². The first-order valence-corrected chi connectivity index (χ1v) is 8.94. The molecule has 3 unspecified atom stereocenters. The molecular formula is C18H33NO. The largest absolute Gasteiger partial charge is 0.375 e. The summed E-state index contributed by atoms with van der Waals surface area (Å²) in [4.78, 5) is 0. The molecule has 0 aromatic rings. The highest BCUT2D eigenvalue weighted by Crippen LogP contribution is 2.56. The molecule has 116 valence electrons. The van der Waals surface area contributed by atoms with E-state index in [0.717, 1.165) is 31.0 Å². The molecule has 3 atom stereocenters. The lowest BCUT2D eigenvalue weighted by molar-refractivity contribution is -0.123. The van der Waals surface area contributed by atoms with E-state index in [4.69, 9.17) is 4.74 Å². The standard InChI is InChI=1S/C18H33NO/c1-4-19-16(15-13-17(15,2)3)14-8-11-20-18(12-14)9-6-5-7-10-18/h14-16,19H,4-13H2,1-3H3. The van der Waals surface area contributed by atoms with Crippen molar-refractivity contribution in [3.63, 3.8) is 0 Å². The molecule has 3 aliphatic rings. The van der Waals surface area contributed by atoms with Crippen LogP contribution >= 0.6 is 0 Å². The molecule has 0 aromatic carbocycles. The molecule has 1 N–H and O–H groups in total. The Labute approximate surface area is 125 Å². The van der Waals surface area contributed by atoms with Gasteiger partial charge >= 0.3 is 0 Å². The Morgan fingerprint density at radius 1 is 1.15 bits per heavy atom. The van der Waals surface area contributed by atoms with E-state index in [1.165, 1.54) is 51.4 Å². The van der Waals surface area contributed by atoms with Gasteiger partial charge in [0.15, 0.2) is 0 Å². The molecule has 0 radical (unpaired) electrons. The second-order valence-electron chi connectivity index (χ2n) is 8.23. The summed E-state index contributed by atoms with van der Waals surface area (Å²) in [5.41, 5.74) is 0.832. The van der Waals surface area contributed by atoms with Gasteiger partial charge in [0.2, 0.25) is 0 Å². The number of ether oxygens (including phenoxy) is 1. The van der Waals surface area contributed by atoms with E-state index >= 15 is 0 Å². The maximum Gasteiger partial charge on any atom is 0.0685 e. The number of nitrogens with one attached hydrogen (secondary N) is 1. The zero-order valence-electron chi connectivity index (χ0n) is 13.7. The monoisotopic (exact) mass is 279 g/mol. The lowest BCUT2D eigenvalue weighted by atomic mass is 9.73. The minimum absolute atomic E-state index is 0.258. The van der Waals surface area contributed by atoms with E-state index in [1.54, 1.807) is 0 Å². The first-order chi connectivity index (χ1) is 9.56. The zero-order valence-corrected chi connectivity index (χ0v) is 13.7. The summed E-state index contributed by atoms with van der Waals surface area (Å²) in [5, 5.41) is 3.84. The Hall–Kier alpha value is -0.0800. The van der Waals surface area contributed by atoms with Crippen LogP contribution in [-0.2, 0) is 4.74 Å². The van der Waals surface area contributed by atoms with Crippen LogP contribution < -0.4 is 5.32 Å². The zero-order chi connectivity index (χ0) is 14.2. The normalized spacial score (nSPS) is 36.8. The summed E-state index contributed by atoms with van der Waals surface area (Å²) in [7, 11) is 0. The SMILES string of the molecule is CCNC(C1CCOC2(CCCCC2)C1)C1CC1(C)C. The van der Waals surface area contributed by atoms with Gasteiger partial charge in [-0.25, -0.2) is 0 Å². The molecule has 1 aliphatic heterocycles. The van der Waals surface area contributed by atoms with Gasteiger partial charge in [-0.15, -0.1) is 0 Å². The number of rotatable bonds is 4. The van der Waals surface area contributed by atoms with Crippen molar-refractivity contribution in [1.29, 1.82) is 0 Å². The minimum atomic E-state index is 0.258. The van der Waals surface area contributed by atoms with Crippen molar-refractivity contribution < 1.29 is 4.74 Å². The first kappa shape index (κ1) is 14.8. The molecule has 1 saturated heterocycles. The second kappa shape index (κ2) is 5.61. The molecule has 2 heteroatoms. The van der Waals surface area contributed by atoms with Gasteiger partial charge in [0, 0.05) is 12.6 Å². The summed E-state index contributed by atoms with van der Waals surface area (Å²) in [6, 6.07) is 0.734. The maximum absolute atomic E-state index is 6.29. The molecule has 3 rings (SSSR count). The van der Waals surface area contributed by atoms with Gasteiger partial charge in [-0.2, -0.15) is 0 Å². The van der Waals surface area contributed by atoms with Crippen molar-refractivity contribution >= 4 is 0 Å². The predicted molar refractivity (Wildman–Crippen MR) is 83.8 cm³/mol. The number of hydrogen-bond donors (Lipinski definition) is 1. The van der Waals surface area contributed by atoms with E-state index in [0.29, 0.717) is 5.41 Å². The van der Waals surface area contributed by atoms with Crippen LogP contribution in [0.3, 0.4) is 0 Å². The van der Waals surface area contributed by atoms with Crippen LogP contribution in [0.4, 0.5) is 0 Å². The van der Waals surface area contributed by atoms with Crippen molar-refractivity contribution in [2.45, 2.75) is 83.8 Å². The fourth-order valence-electron chi connectivity index (χ4n) is 4.91. The molecule has 3 fully saturated rings. The molecule has 2 nitrogen and oxygen atoms in total. The molecule has 1 heterocycles. The Morgan fingerprint density at radius 3 is 2.45 bits per heavy atom. The third kappa shape index (κ3) is 2.92. The van der Waals surface area contributed by atoms with Gasteiger partial charge in [0.25, 0.3) is 0 Å². The molecule has 0 bridgehead atoms. The average molecular weight is 279 g/mol. The van der Waals surface area contributed by atoms with Crippen molar-refractivity contribution in [3.8, 4) is 0 Å². The highest BCUT2D eigenvalue weighted by molar-refractivity contribution is 5.05. The van der Waals surface area contributed by atoms with Crippen LogP contribution in [0.5, 0.6) is 0 Å². The topological polar surface area (TPSA) is 21.3 Å². The minimum Gasteiger partial charge on any atom is -0.375 e. The molecule has 2 saturated carbocycles. The smallest absolute Gasteiger partial charge is 0.0685 e. The Bertz CT molecular complexity index is 327. The van der Waals surface area contributed by atoms with E-state index in [9.17, 15) is 0 Å². The molecule has 2 aliphatic carbocycles. The molecule has 20 heavy (non-hydrogen) atoms. The van der Waals surface area contributed by atoms with Crippen LogP contribution in [0.1, 0.15) is 72.1 Å². The van der Waals surface area contributed by atoms with Gasteiger partial charge < -0.3 is 10.1 Å². The molecular weight excluding hydrogens is 246 g/mol. The van der Waals surface area contributed by atoms with Crippen LogP contribution in [0.15, 0.2) is 0 Å². The first-order valence-electron chi connectivity index (χ1n) is 8.94. The molecule has 0 aromatic heterocycles. The lowest BCUT2D eigenvalue weighted by Crippen LogP contribution is -2.49. The van der Waals surface area contributed by atoms with Gasteiger partial charge in [-0.1, -0.05) is 40.0 Å². The second-order valence-corrected chi connectivity index (χ2v) is 8.23. The quantitative estimate of drug-likeness (QED) is 0.835. The average Bonchev–Trinajstić information content (AvgIpc) is 3.05. The van der Waals surface area contributed by atoms with Crippen molar-refractivity contribution in [2.75, 3.05) is 13.2 Å². The summed E-state index contributed by atoms with van der Waals surface area (Å²) in [6.07, 6.45) is 10.8.